The number of rotatable bonds is 10. The lowest BCUT2D eigenvalue weighted by molar-refractivity contribution is 0.0372. The van der Waals surface area contributed by atoms with Crippen molar-refractivity contribution in [3.63, 3.8) is 0 Å². The van der Waals surface area contributed by atoms with Crippen molar-refractivity contribution in [2.45, 2.75) is 33.2 Å². The molecule has 0 radical (unpaired) electrons. The summed E-state index contributed by atoms with van der Waals surface area (Å²) in [5.41, 5.74) is 1.11. The SMILES string of the molecule is CCNC(=NCc1ccccc1OCC)NCCCCN1CCOCC1.I. The van der Waals surface area contributed by atoms with Crippen molar-refractivity contribution in [1.82, 2.24) is 15.5 Å². The first-order valence-electron chi connectivity index (χ1n) is 9.86. The van der Waals surface area contributed by atoms with Crippen LogP contribution in [0, 0.1) is 0 Å². The van der Waals surface area contributed by atoms with E-state index in [-0.39, 0.29) is 24.0 Å². The Labute approximate surface area is 181 Å². The molecule has 1 fully saturated rings. The molecule has 1 aliphatic heterocycles. The second kappa shape index (κ2) is 14.9. The molecular weight excluding hydrogens is 455 g/mol. The summed E-state index contributed by atoms with van der Waals surface area (Å²) in [4.78, 5) is 7.18. The number of hydrogen-bond donors (Lipinski definition) is 2. The second-order valence-corrected chi connectivity index (χ2v) is 6.32. The average molecular weight is 490 g/mol. The number of morpholine rings is 1. The minimum atomic E-state index is 0. The Morgan fingerprint density at radius 1 is 1.15 bits per heavy atom. The molecule has 0 aliphatic carbocycles. The molecule has 1 heterocycles. The molecule has 154 valence electrons. The Hall–Kier alpha value is -1.06. The van der Waals surface area contributed by atoms with Crippen LogP contribution in [0.25, 0.3) is 0 Å². The van der Waals surface area contributed by atoms with E-state index >= 15 is 0 Å². The fourth-order valence-corrected chi connectivity index (χ4v) is 2.93. The van der Waals surface area contributed by atoms with Gasteiger partial charge in [-0.2, -0.15) is 0 Å². The van der Waals surface area contributed by atoms with Crippen LogP contribution in [0.3, 0.4) is 0 Å². The third-order valence-corrected chi connectivity index (χ3v) is 4.32. The third kappa shape index (κ3) is 9.62. The number of nitrogens with zero attached hydrogens (tertiary/aromatic N) is 2. The zero-order chi connectivity index (χ0) is 18.5. The third-order valence-electron chi connectivity index (χ3n) is 4.32. The van der Waals surface area contributed by atoms with E-state index < -0.39 is 0 Å². The Morgan fingerprint density at radius 3 is 2.67 bits per heavy atom. The van der Waals surface area contributed by atoms with Gasteiger partial charge in [0.15, 0.2) is 5.96 Å². The normalized spacial score (nSPS) is 15.1. The average Bonchev–Trinajstić information content (AvgIpc) is 2.68. The number of ether oxygens (including phenoxy) is 2. The number of aliphatic imine (C=N–C) groups is 1. The van der Waals surface area contributed by atoms with Crippen LogP contribution in [0.1, 0.15) is 32.3 Å². The Bertz CT molecular complexity index is 536. The van der Waals surface area contributed by atoms with Crippen molar-refractivity contribution in [2.24, 2.45) is 4.99 Å². The van der Waals surface area contributed by atoms with Gasteiger partial charge in [-0.1, -0.05) is 18.2 Å². The highest BCUT2D eigenvalue weighted by atomic mass is 127. The predicted molar refractivity (Wildman–Crippen MR) is 122 cm³/mol. The van der Waals surface area contributed by atoms with Gasteiger partial charge in [0, 0.05) is 31.7 Å². The monoisotopic (exact) mass is 490 g/mol. The first-order valence-corrected chi connectivity index (χ1v) is 9.86. The molecule has 0 bridgehead atoms. The molecule has 2 N–H and O–H groups in total. The summed E-state index contributed by atoms with van der Waals surface area (Å²) in [7, 11) is 0. The summed E-state index contributed by atoms with van der Waals surface area (Å²) in [5, 5.41) is 6.75. The van der Waals surface area contributed by atoms with Crippen LogP contribution in [0.15, 0.2) is 29.3 Å². The Morgan fingerprint density at radius 2 is 1.93 bits per heavy atom. The Balaban J connectivity index is 0.00000364. The van der Waals surface area contributed by atoms with Crippen LogP contribution in [0.2, 0.25) is 0 Å². The maximum atomic E-state index is 5.68. The van der Waals surface area contributed by atoms with Crippen LogP contribution in [-0.2, 0) is 11.3 Å². The van der Waals surface area contributed by atoms with Crippen molar-refractivity contribution in [3.8, 4) is 5.75 Å². The fraction of sp³-hybridized carbons (Fsp3) is 0.650. The van der Waals surface area contributed by atoms with Crippen LogP contribution < -0.4 is 15.4 Å². The van der Waals surface area contributed by atoms with Gasteiger partial charge in [-0.05, 0) is 39.3 Å². The molecule has 7 heteroatoms. The summed E-state index contributed by atoms with van der Waals surface area (Å²) in [6.45, 7) is 12.2. The number of para-hydroxylation sites is 1. The highest BCUT2D eigenvalue weighted by Gasteiger charge is 2.09. The highest BCUT2D eigenvalue weighted by Crippen LogP contribution is 2.18. The molecule has 1 aromatic rings. The summed E-state index contributed by atoms with van der Waals surface area (Å²) in [5.74, 6) is 1.78. The number of guanidine groups is 1. The van der Waals surface area contributed by atoms with E-state index in [0.29, 0.717) is 13.2 Å². The van der Waals surface area contributed by atoms with Gasteiger partial charge in [0.1, 0.15) is 5.75 Å². The fourth-order valence-electron chi connectivity index (χ4n) is 2.93. The molecule has 0 unspecified atom stereocenters. The molecule has 0 saturated carbocycles. The second-order valence-electron chi connectivity index (χ2n) is 6.32. The molecule has 0 amide bonds. The van der Waals surface area contributed by atoms with Crippen molar-refractivity contribution in [3.05, 3.63) is 29.8 Å². The standard InChI is InChI=1S/C20H34N4O2.HI/c1-3-21-20(22-11-7-8-12-24-13-15-25-16-14-24)23-17-18-9-5-6-10-19(18)26-4-2;/h5-6,9-10H,3-4,7-8,11-17H2,1-2H3,(H2,21,22,23);1H. The van der Waals surface area contributed by atoms with E-state index in [9.17, 15) is 0 Å². The smallest absolute Gasteiger partial charge is 0.191 e. The summed E-state index contributed by atoms with van der Waals surface area (Å²) >= 11 is 0. The summed E-state index contributed by atoms with van der Waals surface area (Å²) in [6.07, 6.45) is 2.33. The minimum absolute atomic E-state index is 0. The maximum absolute atomic E-state index is 5.68. The largest absolute Gasteiger partial charge is 0.494 e. The molecule has 1 aliphatic rings. The van der Waals surface area contributed by atoms with E-state index in [1.54, 1.807) is 0 Å². The van der Waals surface area contributed by atoms with Crippen molar-refractivity contribution < 1.29 is 9.47 Å². The molecular formula is C20H35IN4O2. The molecule has 6 nitrogen and oxygen atoms in total. The lowest BCUT2D eigenvalue weighted by atomic mass is 10.2. The van der Waals surface area contributed by atoms with Crippen LogP contribution >= 0.6 is 24.0 Å². The van der Waals surface area contributed by atoms with E-state index in [4.69, 9.17) is 14.5 Å². The van der Waals surface area contributed by atoms with Gasteiger partial charge in [0.25, 0.3) is 0 Å². The highest BCUT2D eigenvalue weighted by molar-refractivity contribution is 14.0. The summed E-state index contributed by atoms with van der Waals surface area (Å²) < 4.78 is 11.1. The number of halogens is 1. The quantitative estimate of drug-likeness (QED) is 0.229. The topological polar surface area (TPSA) is 58.1 Å². The number of unbranched alkanes of at least 4 members (excludes halogenated alkanes) is 1. The van der Waals surface area contributed by atoms with E-state index in [0.717, 1.165) is 69.6 Å². The lowest BCUT2D eigenvalue weighted by Crippen LogP contribution is -2.39. The number of hydrogen-bond acceptors (Lipinski definition) is 4. The van der Waals surface area contributed by atoms with Gasteiger partial charge in [-0.25, -0.2) is 4.99 Å². The van der Waals surface area contributed by atoms with Gasteiger partial charge in [0.05, 0.1) is 26.4 Å². The van der Waals surface area contributed by atoms with E-state index in [1.807, 2.05) is 25.1 Å². The van der Waals surface area contributed by atoms with Gasteiger partial charge in [-0.3, -0.25) is 4.90 Å². The minimum Gasteiger partial charge on any atom is -0.494 e. The first-order chi connectivity index (χ1) is 12.8. The first kappa shape index (κ1) is 24.0. The maximum Gasteiger partial charge on any atom is 0.191 e. The zero-order valence-corrected chi connectivity index (χ0v) is 19.0. The van der Waals surface area contributed by atoms with Gasteiger partial charge in [0.2, 0.25) is 0 Å². The lowest BCUT2D eigenvalue weighted by Gasteiger charge is -2.26. The van der Waals surface area contributed by atoms with Crippen LogP contribution in [0.5, 0.6) is 5.75 Å². The molecule has 0 atom stereocenters. The number of nitrogens with one attached hydrogen (secondary N) is 2. The van der Waals surface area contributed by atoms with Gasteiger partial charge in [-0.15, -0.1) is 24.0 Å². The number of benzene rings is 1. The predicted octanol–water partition coefficient (Wildman–Crippen LogP) is 2.87. The van der Waals surface area contributed by atoms with Gasteiger partial charge < -0.3 is 20.1 Å². The van der Waals surface area contributed by atoms with Crippen molar-refractivity contribution >= 4 is 29.9 Å². The molecule has 1 aromatic carbocycles. The zero-order valence-electron chi connectivity index (χ0n) is 16.7. The van der Waals surface area contributed by atoms with E-state index in [1.165, 1.54) is 6.42 Å². The molecule has 27 heavy (non-hydrogen) atoms. The molecule has 0 aromatic heterocycles. The Kier molecular flexibility index (Phi) is 13.3. The van der Waals surface area contributed by atoms with Crippen molar-refractivity contribution in [2.75, 3.05) is 52.5 Å². The molecule has 2 rings (SSSR count). The van der Waals surface area contributed by atoms with Gasteiger partial charge >= 0.3 is 0 Å². The van der Waals surface area contributed by atoms with Crippen molar-refractivity contribution in [1.29, 1.82) is 0 Å². The molecule has 0 spiro atoms. The van der Waals surface area contributed by atoms with Crippen LogP contribution in [0.4, 0.5) is 0 Å². The van der Waals surface area contributed by atoms with Crippen LogP contribution in [-0.4, -0.2) is 63.4 Å². The van der Waals surface area contributed by atoms with E-state index in [2.05, 4.69) is 28.5 Å². The summed E-state index contributed by atoms with van der Waals surface area (Å²) in [6, 6.07) is 8.09. The molecule has 1 saturated heterocycles.